The molecule has 1 N–H and O–H groups in total. The van der Waals surface area contributed by atoms with Crippen LogP contribution in [0, 0.1) is 5.92 Å². The summed E-state index contributed by atoms with van der Waals surface area (Å²) in [6.45, 7) is 3.59. The van der Waals surface area contributed by atoms with Gasteiger partial charge in [-0.3, -0.25) is 9.36 Å². The maximum atomic E-state index is 12.6. The number of amides is 1. The summed E-state index contributed by atoms with van der Waals surface area (Å²) >= 11 is 0. The van der Waals surface area contributed by atoms with Crippen molar-refractivity contribution in [3.8, 4) is 0 Å². The van der Waals surface area contributed by atoms with Crippen molar-refractivity contribution in [2.75, 3.05) is 6.54 Å². The number of aromatic nitrogens is 5. The highest BCUT2D eigenvalue weighted by Gasteiger charge is 2.25. The number of nitrogens with one attached hydrogen (secondary N) is 1. The summed E-state index contributed by atoms with van der Waals surface area (Å²) in [5, 5.41) is 7.43. The van der Waals surface area contributed by atoms with Crippen LogP contribution in [-0.4, -0.2) is 36.4 Å². The van der Waals surface area contributed by atoms with Crippen LogP contribution in [0.25, 0.3) is 11.0 Å². The van der Waals surface area contributed by atoms with Crippen LogP contribution in [0.1, 0.15) is 31.4 Å². The van der Waals surface area contributed by atoms with Crippen molar-refractivity contribution < 1.29 is 4.79 Å². The van der Waals surface area contributed by atoms with Crippen LogP contribution in [-0.2, 0) is 37.8 Å². The van der Waals surface area contributed by atoms with Gasteiger partial charge in [-0.05, 0) is 31.9 Å². The van der Waals surface area contributed by atoms with Crippen molar-refractivity contribution in [3.63, 3.8) is 0 Å². The molecule has 28 heavy (non-hydrogen) atoms. The number of benzene rings is 1. The maximum Gasteiger partial charge on any atom is 0.345 e. The zero-order valence-corrected chi connectivity index (χ0v) is 16.4. The monoisotopic (exact) mass is 382 g/mol. The highest BCUT2D eigenvalue weighted by Crippen LogP contribution is 2.18. The van der Waals surface area contributed by atoms with E-state index in [0.717, 1.165) is 29.1 Å². The molecular weight excluding hydrogens is 356 g/mol. The van der Waals surface area contributed by atoms with E-state index in [-0.39, 0.29) is 17.5 Å². The minimum absolute atomic E-state index is 0.0559. The van der Waals surface area contributed by atoms with Gasteiger partial charge in [-0.2, -0.15) is 5.10 Å². The van der Waals surface area contributed by atoms with Crippen molar-refractivity contribution in [2.24, 2.45) is 13.0 Å². The Balaban J connectivity index is 1.34. The van der Waals surface area contributed by atoms with Gasteiger partial charge in [0.2, 0.25) is 5.91 Å². The molecule has 0 fully saturated rings. The van der Waals surface area contributed by atoms with E-state index in [1.54, 1.807) is 4.57 Å². The predicted molar refractivity (Wildman–Crippen MR) is 106 cm³/mol. The fourth-order valence-corrected chi connectivity index (χ4v) is 3.96. The predicted octanol–water partition coefficient (Wildman–Crippen LogP) is 1.26. The number of aryl methyl sites for hydroxylation is 3. The first-order valence-electron chi connectivity index (χ1n) is 9.93. The summed E-state index contributed by atoms with van der Waals surface area (Å²) in [5.41, 5.74) is 2.00. The first-order chi connectivity index (χ1) is 13.6. The maximum absolute atomic E-state index is 12.6. The lowest BCUT2D eigenvalue weighted by molar-refractivity contribution is -0.125. The number of rotatable bonds is 5. The Labute approximate surface area is 163 Å². The highest BCUT2D eigenvalue weighted by molar-refractivity contribution is 5.78. The van der Waals surface area contributed by atoms with E-state index >= 15 is 0 Å². The van der Waals surface area contributed by atoms with Crippen molar-refractivity contribution in [1.82, 2.24) is 29.2 Å². The summed E-state index contributed by atoms with van der Waals surface area (Å²) < 4.78 is 5.29. The minimum Gasteiger partial charge on any atom is -0.355 e. The van der Waals surface area contributed by atoms with Crippen molar-refractivity contribution in [1.29, 1.82) is 0 Å². The van der Waals surface area contributed by atoms with E-state index in [4.69, 9.17) is 0 Å². The van der Waals surface area contributed by atoms with Crippen LogP contribution in [0.4, 0.5) is 0 Å². The Morgan fingerprint density at radius 1 is 1.29 bits per heavy atom. The van der Waals surface area contributed by atoms with E-state index in [9.17, 15) is 9.59 Å². The SMILES string of the molecule is CCn1nc2n(c1=O)CCC(C(=O)NCCc1nc3ccccc3n1C)CC2. The smallest absolute Gasteiger partial charge is 0.345 e. The third-order valence-corrected chi connectivity index (χ3v) is 5.61. The van der Waals surface area contributed by atoms with Gasteiger partial charge in [0.15, 0.2) is 0 Å². The van der Waals surface area contributed by atoms with E-state index in [2.05, 4.69) is 20.0 Å². The second kappa shape index (κ2) is 7.61. The molecule has 0 radical (unpaired) electrons. The van der Waals surface area contributed by atoms with Crippen LogP contribution < -0.4 is 11.0 Å². The molecule has 0 saturated heterocycles. The van der Waals surface area contributed by atoms with E-state index in [1.165, 1.54) is 4.68 Å². The fraction of sp³-hybridized carbons (Fsp3) is 0.500. The number of hydrogen-bond donors (Lipinski definition) is 1. The second-order valence-corrected chi connectivity index (χ2v) is 7.31. The van der Waals surface area contributed by atoms with Crippen LogP contribution in [0.2, 0.25) is 0 Å². The quantitative estimate of drug-likeness (QED) is 0.720. The molecule has 0 spiro atoms. The lowest BCUT2D eigenvalue weighted by atomic mass is 9.99. The lowest BCUT2D eigenvalue weighted by Gasteiger charge is -2.14. The Morgan fingerprint density at radius 2 is 2.11 bits per heavy atom. The molecule has 0 saturated carbocycles. The molecule has 3 aromatic rings. The standard InChI is InChI=1S/C20H26N6O2/c1-3-26-20(28)25-13-11-14(8-9-18(25)23-26)19(27)21-12-10-17-22-15-6-4-5-7-16(15)24(17)2/h4-7,14H,3,8-13H2,1-2H3,(H,21,27). The Hall–Kier alpha value is -2.90. The molecule has 8 heteroatoms. The third-order valence-electron chi connectivity index (χ3n) is 5.61. The second-order valence-electron chi connectivity index (χ2n) is 7.31. The Bertz CT molecular complexity index is 1060. The van der Waals surface area contributed by atoms with Gasteiger partial charge in [-0.15, -0.1) is 0 Å². The molecule has 8 nitrogen and oxygen atoms in total. The van der Waals surface area contributed by atoms with Gasteiger partial charge in [-0.25, -0.2) is 14.5 Å². The van der Waals surface area contributed by atoms with Gasteiger partial charge in [0, 0.05) is 45.4 Å². The number of hydrogen-bond acceptors (Lipinski definition) is 4. The molecule has 2 aromatic heterocycles. The molecule has 0 bridgehead atoms. The number of carbonyl (C=O) groups excluding carboxylic acids is 1. The van der Waals surface area contributed by atoms with E-state index in [1.807, 2.05) is 38.2 Å². The van der Waals surface area contributed by atoms with Gasteiger partial charge in [0.05, 0.1) is 11.0 Å². The topological polar surface area (TPSA) is 86.7 Å². The van der Waals surface area contributed by atoms with Crippen molar-refractivity contribution in [3.05, 3.63) is 46.4 Å². The third kappa shape index (κ3) is 3.34. The highest BCUT2D eigenvalue weighted by atomic mass is 16.2. The molecular formula is C20H26N6O2. The number of imidazole rings is 1. The molecule has 148 valence electrons. The molecule has 0 aliphatic carbocycles. The number of carbonyl (C=O) groups is 1. The molecule has 3 heterocycles. The van der Waals surface area contributed by atoms with Gasteiger partial charge < -0.3 is 9.88 Å². The van der Waals surface area contributed by atoms with Gasteiger partial charge in [0.1, 0.15) is 11.6 Å². The Morgan fingerprint density at radius 3 is 2.89 bits per heavy atom. The van der Waals surface area contributed by atoms with Gasteiger partial charge >= 0.3 is 5.69 Å². The van der Waals surface area contributed by atoms with Crippen LogP contribution in [0.15, 0.2) is 29.1 Å². The first-order valence-corrected chi connectivity index (χ1v) is 9.93. The van der Waals surface area contributed by atoms with Crippen molar-refractivity contribution >= 4 is 16.9 Å². The zero-order chi connectivity index (χ0) is 19.7. The van der Waals surface area contributed by atoms with Crippen LogP contribution in [0.3, 0.4) is 0 Å². The van der Waals surface area contributed by atoms with E-state index in [0.29, 0.717) is 38.9 Å². The average Bonchev–Trinajstić information content (AvgIpc) is 3.09. The minimum atomic E-state index is -0.0865. The molecule has 1 amide bonds. The average molecular weight is 382 g/mol. The molecule has 1 aliphatic heterocycles. The van der Waals surface area contributed by atoms with Crippen LogP contribution in [0.5, 0.6) is 0 Å². The van der Waals surface area contributed by atoms with Gasteiger partial charge in [-0.1, -0.05) is 12.1 Å². The van der Waals surface area contributed by atoms with Gasteiger partial charge in [0.25, 0.3) is 0 Å². The number of nitrogens with zero attached hydrogens (tertiary/aromatic N) is 5. The van der Waals surface area contributed by atoms with Crippen LogP contribution >= 0.6 is 0 Å². The van der Waals surface area contributed by atoms with E-state index < -0.39 is 0 Å². The molecule has 1 unspecified atom stereocenters. The number of fused-ring (bicyclic) bond motifs is 2. The summed E-state index contributed by atoms with van der Waals surface area (Å²) in [5.74, 6) is 1.72. The normalized spacial score (nSPS) is 16.7. The largest absolute Gasteiger partial charge is 0.355 e. The summed E-state index contributed by atoms with van der Waals surface area (Å²) in [4.78, 5) is 29.5. The summed E-state index contributed by atoms with van der Waals surface area (Å²) in [6.07, 6.45) is 2.73. The number of para-hydroxylation sites is 2. The zero-order valence-electron chi connectivity index (χ0n) is 16.4. The molecule has 1 aliphatic rings. The first kappa shape index (κ1) is 18.5. The molecule has 1 atom stereocenters. The molecule has 4 rings (SSSR count). The summed E-state index contributed by atoms with van der Waals surface area (Å²) in [7, 11) is 2.00. The van der Waals surface area contributed by atoms with Crippen molar-refractivity contribution in [2.45, 2.75) is 45.7 Å². The molecule has 1 aromatic carbocycles. The summed E-state index contributed by atoms with van der Waals surface area (Å²) in [6, 6.07) is 8.03. The Kier molecular flexibility index (Phi) is 5.02. The lowest BCUT2D eigenvalue weighted by Crippen LogP contribution is -2.33. The fourth-order valence-electron chi connectivity index (χ4n) is 3.96.